The van der Waals surface area contributed by atoms with E-state index in [1.807, 2.05) is 0 Å². The summed E-state index contributed by atoms with van der Waals surface area (Å²) in [6, 6.07) is 4.40. The first-order valence-electron chi connectivity index (χ1n) is 8.22. The summed E-state index contributed by atoms with van der Waals surface area (Å²) < 4.78 is 54.7. The minimum atomic E-state index is -4.12. The minimum Gasteiger partial charge on any atom is -0.279 e. The number of rotatable bonds is 5. The number of nitrogens with zero attached hydrogens (tertiary/aromatic N) is 1. The Morgan fingerprint density at radius 2 is 1.43 bits per heavy atom. The first-order chi connectivity index (χ1) is 12.7. The average Bonchev–Trinajstić information content (AvgIpc) is 2.56. The fourth-order valence-electron chi connectivity index (χ4n) is 2.62. The largest absolute Gasteiger partial charge is 0.279 e. The van der Waals surface area contributed by atoms with Crippen molar-refractivity contribution in [1.29, 1.82) is 0 Å². The maximum Gasteiger partial charge on any atom is 0.263 e. The van der Waals surface area contributed by atoms with Gasteiger partial charge in [-0.3, -0.25) is 4.72 Å². The number of hydrogen-bond donors (Lipinski definition) is 1. The van der Waals surface area contributed by atoms with E-state index in [0.717, 1.165) is 4.31 Å². The maximum absolute atomic E-state index is 13.1. The van der Waals surface area contributed by atoms with Gasteiger partial charge < -0.3 is 0 Å². The molecule has 0 spiro atoms. The van der Waals surface area contributed by atoms with Crippen LogP contribution in [-0.2, 0) is 20.0 Å². The van der Waals surface area contributed by atoms with Crippen LogP contribution < -0.4 is 4.72 Å². The molecule has 0 heterocycles. The average molecular weight is 465 g/mol. The molecule has 2 aromatic carbocycles. The molecule has 0 aromatic heterocycles. The van der Waals surface area contributed by atoms with Crippen LogP contribution in [0.15, 0.2) is 28.0 Å². The first kappa shape index (κ1) is 23.0. The molecule has 0 aliphatic carbocycles. The molecule has 0 bridgehead atoms. The molecule has 0 aliphatic rings. The van der Waals surface area contributed by atoms with Crippen molar-refractivity contribution in [3.8, 4) is 0 Å². The van der Waals surface area contributed by atoms with E-state index in [1.165, 1.54) is 26.2 Å². The van der Waals surface area contributed by atoms with Gasteiger partial charge >= 0.3 is 0 Å². The summed E-state index contributed by atoms with van der Waals surface area (Å²) in [5, 5.41) is 0.347. The monoisotopic (exact) mass is 464 g/mol. The van der Waals surface area contributed by atoms with Crippen molar-refractivity contribution in [2.45, 2.75) is 37.5 Å². The number of anilines is 1. The molecule has 0 saturated heterocycles. The second-order valence-electron chi connectivity index (χ2n) is 6.75. The Kier molecular flexibility index (Phi) is 6.43. The third kappa shape index (κ3) is 4.16. The van der Waals surface area contributed by atoms with E-state index in [-0.39, 0.29) is 25.5 Å². The minimum absolute atomic E-state index is 0.0107. The summed E-state index contributed by atoms with van der Waals surface area (Å²) in [7, 11) is -5.04. The molecule has 0 aliphatic heterocycles. The molecule has 2 aromatic rings. The Balaban J connectivity index is 2.68. The normalized spacial score (nSPS) is 12.5. The van der Waals surface area contributed by atoms with Gasteiger partial charge in [0.25, 0.3) is 10.0 Å². The second-order valence-corrected chi connectivity index (χ2v) is 11.3. The molecule has 6 nitrogen and oxygen atoms in total. The van der Waals surface area contributed by atoms with E-state index >= 15 is 0 Å². The van der Waals surface area contributed by atoms with Gasteiger partial charge in [0.1, 0.15) is 4.90 Å². The zero-order valence-corrected chi connectivity index (χ0v) is 19.5. The fourth-order valence-corrected chi connectivity index (χ4v) is 5.96. The highest BCUT2D eigenvalue weighted by Crippen LogP contribution is 2.35. The van der Waals surface area contributed by atoms with Gasteiger partial charge in [0.2, 0.25) is 10.0 Å². The molecule has 10 heteroatoms. The van der Waals surface area contributed by atoms with Crippen molar-refractivity contribution in [2.75, 3.05) is 18.8 Å². The van der Waals surface area contributed by atoms with E-state index < -0.39 is 20.0 Å². The molecule has 0 saturated carbocycles. The van der Waals surface area contributed by atoms with Crippen LogP contribution >= 0.6 is 23.2 Å². The number of halogens is 2. The maximum atomic E-state index is 13.1. The van der Waals surface area contributed by atoms with Gasteiger partial charge in [0, 0.05) is 19.1 Å². The van der Waals surface area contributed by atoms with Gasteiger partial charge in [0.15, 0.2) is 0 Å². The van der Waals surface area contributed by atoms with E-state index in [2.05, 4.69) is 4.72 Å². The summed E-state index contributed by atoms with van der Waals surface area (Å²) in [4.78, 5) is -0.138. The molecule has 0 atom stereocenters. The van der Waals surface area contributed by atoms with Gasteiger partial charge in [0.05, 0.1) is 15.6 Å². The van der Waals surface area contributed by atoms with Crippen molar-refractivity contribution >= 4 is 48.9 Å². The lowest BCUT2D eigenvalue weighted by molar-refractivity contribution is 0.520. The Hall–Kier alpha value is -1.32. The lowest BCUT2D eigenvalue weighted by Gasteiger charge is -2.19. The number of nitrogens with one attached hydrogen (secondary N) is 1. The van der Waals surface area contributed by atoms with Crippen LogP contribution in [0.3, 0.4) is 0 Å². The van der Waals surface area contributed by atoms with Gasteiger partial charge in [-0.15, -0.1) is 0 Å². The molecular weight excluding hydrogens is 443 g/mol. The zero-order valence-electron chi connectivity index (χ0n) is 16.4. The van der Waals surface area contributed by atoms with Crippen LogP contribution in [0.5, 0.6) is 0 Å². The topological polar surface area (TPSA) is 83.6 Å². The molecule has 0 unspecified atom stereocenters. The summed E-state index contributed by atoms with van der Waals surface area (Å²) in [5.41, 5.74) is 2.23. The third-order valence-electron chi connectivity index (χ3n) is 4.52. The lowest BCUT2D eigenvalue weighted by atomic mass is 10.1. The van der Waals surface area contributed by atoms with Crippen LogP contribution in [0, 0.1) is 27.7 Å². The van der Waals surface area contributed by atoms with E-state index in [4.69, 9.17) is 23.2 Å². The van der Waals surface area contributed by atoms with Gasteiger partial charge in [-0.1, -0.05) is 23.2 Å². The van der Waals surface area contributed by atoms with E-state index in [9.17, 15) is 16.8 Å². The zero-order chi connectivity index (χ0) is 21.6. The Bertz CT molecular complexity index is 1130. The van der Waals surface area contributed by atoms with Crippen LogP contribution in [-0.4, -0.2) is 35.2 Å². The molecular formula is C18H22Cl2N2O4S2. The second kappa shape index (κ2) is 7.84. The molecule has 28 heavy (non-hydrogen) atoms. The smallest absolute Gasteiger partial charge is 0.263 e. The number of sulfonamides is 2. The standard InChI is InChI=1S/C18H22Cl2N2O4S2/c1-10-7-14(28(25,26)22(5)6)9-16(12(10)3)21-27(23,24)18-13(4)15(19)8-11(2)17(18)20/h7-9,21H,1-6H3. The SMILES string of the molecule is Cc1cc(S(=O)(=O)N(C)C)cc(NS(=O)(=O)c2c(C)c(Cl)cc(C)c2Cl)c1C. The van der Waals surface area contributed by atoms with Crippen LogP contribution in [0.2, 0.25) is 10.0 Å². The van der Waals surface area contributed by atoms with Crippen molar-refractivity contribution < 1.29 is 16.8 Å². The molecule has 1 N–H and O–H groups in total. The highest BCUT2D eigenvalue weighted by molar-refractivity contribution is 7.93. The molecule has 2 rings (SSSR count). The summed E-state index contributed by atoms with van der Waals surface area (Å²) in [6.07, 6.45) is 0. The predicted molar refractivity (Wildman–Crippen MR) is 114 cm³/mol. The van der Waals surface area contributed by atoms with E-state index in [0.29, 0.717) is 22.3 Å². The number of benzene rings is 2. The predicted octanol–water partition coefficient (Wildman–Crippen LogP) is 4.28. The van der Waals surface area contributed by atoms with Crippen LogP contribution in [0.25, 0.3) is 0 Å². The number of hydrogen-bond acceptors (Lipinski definition) is 4. The summed E-state index contributed by atoms with van der Waals surface area (Å²) >= 11 is 12.4. The fraction of sp³-hybridized carbons (Fsp3) is 0.333. The molecule has 0 fully saturated rings. The van der Waals surface area contributed by atoms with Crippen LogP contribution in [0.1, 0.15) is 22.3 Å². The van der Waals surface area contributed by atoms with E-state index in [1.54, 1.807) is 33.8 Å². The highest BCUT2D eigenvalue weighted by Gasteiger charge is 2.26. The lowest BCUT2D eigenvalue weighted by Crippen LogP contribution is -2.23. The molecule has 0 radical (unpaired) electrons. The Morgan fingerprint density at radius 1 is 0.857 bits per heavy atom. The Labute approximate surface area is 176 Å². The summed E-state index contributed by atoms with van der Waals surface area (Å²) in [6.45, 7) is 6.64. The van der Waals surface area contributed by atoms with Crippen LogP contribution in [0.4, 0.5) is 5.69 Å². The molecule has 154 valence electrons. The molecule has 0 amide bonds. The van der Waals surface area contributed by atoms with Crippen molar-refractivity contribution in [2.24, 2.45) is 0 Å². The summed E-state index contributed by atoms with van der Waals surface area (Å²) in [5.74, 6) is 0. The van der Waals surface area contributed by atoms with Gasteiger partial charge in [-0.2, -0.15) is 0 Å². The van der Waals surface area contributed by atoms with Gasteiger partial charge in [-0.05, 0) is 68.1 Å². The van der Waals surface area contributed by atoms with Crippen molar-refractivity contribution in [1.82, 2.24) is 4.31 Å². The first-order valence-corrected chi connectivity index (χ1v) is 11.9. The number of aryl methyl sites for hydroxylation is 2. The van der Waals surface area contributed by atoms with Crippen molar-refractivity contribution in [3.05, 3.63) is 50.5 Å². The third-order valence-corrected chi connectivity index (χ3v) is 8.84. The quantitative estimate of drug-likeness (QED) is 0.715. The Morgan fingerprint density at radius 3 is 1.96 bits per heavy atom. The van der Waals surface area contributed by atoms with Crippen molar-refractivity contribution in [3.63, 3.8) is 0 Å². The highest BCUT2D eigenvalue weighted by atomic mass is 35.5. The van der Waals surface area contributed by atoms with Gasteiger partial charge in [-0.25, -0.2) is 21.1 Å².